The Labute approximate surface area is 102 Å². The van der Waals surface area contributed by atoms with Gasteiger partial charge in [-0.05, 0) is 37.3 Å². The molecular formula is C14H21NO2. The number of aryl methyl sites for hydroxylation is 2. The Bertz CT molecular complexity index is 430. The van der Waals surface area contributed by atoms with Crippen molar-refractivity contribution in [1.82, 2.24) is 4.73 Å². The van der Waals surface area contributed by atoms with Crippen molar-refractivity contribution in [2.75, 3.05) is 0 Å². The van der Waals surface area contributed by atoms with Gasteiger partial charge in [-0.15, -0.1) is 0 Å². The molecule has 3 heteroatoms. The molecule has 1 aromatic heterocycles. The molecule has 17 heavy (non-hydrogen) atoms. The molecule has 0 radical (unpaired) electrons. The highest BCUT2D eigenvalue weighted by Gasteiger charge is 2.14. The van der Waals surface area contributed by atoms with Gasteiger partial charge in [-0.25, -0.2) is 0 Å². The van der Waals surface area contributed by atoms with Crippen molar-refractivity contribution >= 4 is 0 Å². The van der Waals surface area contributed by atoms with E-state index in [0.29, 0.717) is 0 Å². The molecule has 1 aliphatic carbocycles. The molecule has 1 saturated carbocycles. The molecule has 0 aromatic carbocycles. The van der Waals surface area contributed by atoms with E-state index >= 15 is 0 Å². The predicted octanol–water partition coefficient (Wildman–Crippen LogP) is 2.91. The summed E-state index contributed by atoms with van der Waals surface area (Å²) in [5, 5.41) is 9.66. The van der Waals surface area contributed by atoms with E-state index in [2.05, 4.69) is 0 Å². The van der Waals surface area contributed by atoms with Crippen LogP contribution in [-0.4, -0.2) is 9.94 Å². The van der Waals surface area contributed by atoms with Gasteiger partial charge in [0.25, 0.3) is 5.56 Å². The van der Waals surface area contributed by atoms with Gasteiger partial charge in [-0.2, -0.15) is 4.73 Å². The van der Waals surface area contributed by atoms with Crippen molar-refractivity contribution < 1.29 is 5.21 Å². The minimum Gasteiger partial charge on any atom is -0.425 e. The van der Waals surface area contributed by atoms with Crippen LogP contribution >= 0.6 is 0 Å². The van der Waals surface area contributed by atoms with Gasteiger partial charge >= 0.3 is 0 Å². The second-order valence-corrected chi connectivity index (χ2v) is 5.22. The van der Waals surface area contributed by atoms with E-state index in [4.69, 9.17) is 0 Å². The Kier molecular flexibility index (Phi) is 3.87. The predicted molar refractivity (Wildman–Crippen MR) is 67.5 cm³/mol. The van der Waals surface area contributed by atoms with Crippen molar-refractivity contribution in [3.05, 3.63) is 33.7 Å². The Morgan fingerprint density at radius 2 is 2.00 bits per heavy atom. The Morgan fingerprint density at radius 1 is 1.29 bits per heavy atom. The van der Waals surface area contributed by atoms with Crippen LogP contribution in [0.4, 0.5) is 0 Å². The summed E-state index contributed by atoms with van der Waals surface area (Å²) in [4.78, 5) is 11.4. The molecule has 1 aromatic rings. The molecule has 0 bridgehead atoms. The van der Waals surface area contributed by atoms with Crippen molar-refractivity contribution in [1.29, 1.82) is 0 Å². The smallest absolute Gasteiger partial charge is 0.283 e. The summed E-state index contributed by atoms with van der Waals surface area (Å²) in [7, 11) is 0. The number of nitrogens with zero attached hydrogens (tertiary/aromatic N) is 1. The molecule has 1 fully saturated rings. The molecule has 2 rings (SSSR count). The molecule has 1 N–H and O–H groups in total. The van der Waals surface area contributed by atoms with Gasteiger partial charge in [-0.1, -0.05) is 32.1 Å². The van der Waals surface area contributed by atoms with E-state index in [1.54, 1.807) is 0 Å². The van der Waals surface area contributed by atoms with Crippen LogP contribution in [0.1, 0.15) is 49.8 Å². The lowest BCUT2D eigenvalue weighted by molar-refractivity contribution is 0.163. The largest absolute Gasteiger partial charge is 0.425 e. The topological polar surface area (TPSA) is 42.2 Å². The summed E-state index contributed by atoms with van der Waals surface area (Å²) in [5.74, 6) is 0.777. The van der Waals surface area contributed by atoms with Crippen LogP contribution in [0.2, 0.25) is 0 Å². The highest BCUT2D eigenvalue weighted by Crippen LogP contribution is 2.27. The van der Waals surface area contributed by atoms with Crippen LogP contribution in [-0.2, 0) is 6.42 Å². The third-order valence-electron chi connectivity index (χ3n) is 3.76. The number of aromatic nitrogens is 1. The lowest BCUT2D eigenvalue weighted by Crippen LogP contribution is -2.21. The summed E-state index contributed by atoms with van der Waals surface area (Å²) >= 11 is 0. The van der Waals surface area contributed by atoms with E-state index in [1.807, 2.05) is 13.0 Å². The third kappa shape index (κ3) is 3.11. The second-order valence-electron chi connectivity index (χ2n) is 5.22. The summed E-state index contributed by atoms with van der Waals surface area (Å²) in [6.45, 7) is 1.89. The highest BCUT2D eigenvalue weighted by molar-refractivity contribution is 5.15. The SMILES string of the molecule is Cc1cc(CCC2CCCCC2)n(O)c(=O)c1. The van der Waals surface area contributed by atoms with Gasteiger partial charge < -0.3 is 5.21 Å². The zero-order valence-corrected chi connectivity index (χ0v) is 10.5. The van der Waals surface area contributed by atoms with Crippen LogP contribution in [0.15, 0.2) is 16.9 Å². The van der Waals surface area contributed by atoms with Crippen LogP contribution in [0, 0.1) is 12.8 Å². The zero-order chi connectivity index (χ0) is 12.3. The first kappa shape index (κ1) is 12.2. The van der Waals surface area contributed by atoms with Crippen molar-refractivity contribution in [3.63, 3.8) is 0 Å². The quantitative estimate of drug-likeness (QED) is 0.818. The molecule has 1 aliphatic rings. The summed E-state index contributed by atoms with van der Waals surface area (Å²) in [5.41, 5.74) is 1.36. The first-order chi connectivity index (χ1) is 8.16. The van der Waals surface area contributed by atoms with Crippen LogP contribution < -0.4 is 5.56 Å². The number of pyridine rings is 1. The summed E-state index contributed by atoms with van der Waals surface area (Å²) < 4.78 is 0.801. The van der Waals surface area contributed by atoms with Gasteiger partial charge in [-0.3, -0.25) is 4.79 Å². The fourth-order valence-electron chi connectivity index (χ4n) is 2.77. The number of rotatable bonds is 3. The Morgan fingerprint density at radius 3 is 2.71 bits per heavy atom. The molecule has 1 heterocycles. The molecule has 0 unspecified atom stereocenters. The monoisotopic (exact) mass is 235 g/mol. The van der Waals surface area contributed by atoms with Gasteiger partial charge in [0.1, 0.15) is 0 Å². The minimum absolute atomic E-state index is 0.316. The van der Waals surface area contributed by atoms with Gasteiger partial charge in [0.15, 0.2) is 0 Å². The standard InChI is InChI=1S/C14H21NO2/c1-11-9-13(15(17)14(16)10-11)8-7-12-5-3-2-4-6-12/h9-10,12,17H,2-8H2,1H3. The van der Waals surface area contributed by atoms with E-state index in [0.717, 1.165) is 34.7 Å². The van der Waals surface area contributed by atoms with Crippen molar-refractivity contribution in [3.8, 4) is 0 Å². The molecule has 0 aliphatic heterocycles. The van der Waals surface area contributed by atoms with E-state index in [1.165, 1.54) is 38.2 Å². The van der Waals surface area contributed by atoms with Crippen LogP contribution in [0.25, 0.3) is 0 Å². The summed E-state index contributed by atoms with van der Waals surface area (Å²) in [6.07, 6.45) is 8.55. The zero-order valence-electron chi connectivity index (χ0n) is 10.5. The third-order valence-corrected chi connectivity index (χ3v) is 3.76. The van der Waals surface area contributed by atoms with E-state index in [9.17, 15) is 10.0 Å². The first-order valence-corrected chi connectivity index (χ1v) is 6.58. The average Bonchev–Trinajstić information content (AvgIpc) is 2.33. The lowest BCUT2D eigenvalue weighted by atomic mass is 9.86. The average molecular weight is 235 g/mol. The molecule has 94 valence electrons. The maximum Gasteiger partial charge on any atom is 0.283 e. The first-order valence-electron chi connectivity index (χ1n) is 6.58. The van der Waals surface area contributed by atoms with Gasteiger partial charge in [0.2, 0.25) is 0 Å². The molecule has 0 saturated heterocycles. The fourth-order valence-corrected chi connectivity index (χ4v) is 2.77. The second kappa shape index (κ2) is 5.39. The fraction of sp³-hybridized carbons (Fsp3) is 0.643. The van der Waals surface area contributed by atoms with Crippen molar-refractivity contribution in [2.45, 2.75) is 51.9 Å². The van der Waals surface area contributed by atoms with Crippen molar-refractivity contribution in [2.24, 2.45) is 5.92 Å². The van der Waals surface area contributed by atoms with Crippen LogP contribution in [0.5, 0.6) is 0 Å². The maximum atomic E-state index is 11.4. The molecule has 3 nitrogen and oxygen atoms in total. The molecule has 0 amide bonds. The van der Waals surface area contributed by atoms with E-state index in [-0.39, 0.29) is 5.56 Å². The number of hydrogen-bond donors (Lipinski definition) is 1. The Hall–Kier alpha value is -1.25. The number of hydrogen-bond acceptors (Lipinski definition) is 2. The van der Waals surface area contributed by atoms with Gasteiger partial charge in [0, 0.05) is 6.07 Å². The van der Waals surface area contributed by atoms with Crippen LogP contribution in [0.3, 0.4) is 0 Å². The highest BCUT2D eigenvalue weighted by atomic mass is 16.5. The molecular weight excluding hydrogens is 214 g/mol. The lowest BCUT2D eigenvalue weighted by Gasteiger charge is -2.21. The normalized spacial score (nSPS) is 17.2. The Balaban J connectivity index is 2.00. The summed E-state index contributed by atoms with van der Waals surface area (Å²) in [6, 6.07) is 3.37. The maximum absolute atomic E-state index is 11.4. The molecule has 0 atom stereocenters. The molecule has 0 spiro atoms. The minimum atomic E-state index is -0.316. The van der Waals surface area contributed by atoms with E-state index < -0.39 is 0 Å². The van der Waals surface area contributed by atoms with Gasteiger partial charge in [0.05, 0.1) is 5.69 Å².